The van der Waals surface area contributed by atoms with Gasteiger partial charge >= 0.3 is 0 Å². The topological polar surface area (TPSA) is 49.3 Å². The highest BCUT2D eigenvalue weighted by Gasteiger charge is 2.25. The van der Waals surface area contributed by atoms with Gasteiger partial charge in [-0.3, -0.25) is 4.79 Å². The minimum atomic E-state index is -0.473. The summed E-state index contributed by atoms with van der Waals surface area (Å²) >= 11 is 1.28. The van der Waals surface area contributed by atoms with E-state index >= 15 is 0 Å². The normalized spacial score (nSPS) is 22.9. The Bertz CT molecular complexity index is 640. The maximum Gasteiger partial charge on any atom is 0.261 e. The molecule has 2 N–H and O–H groups in total. The second kappa shape index (κ2) is 5.50. The molecule has 2 atom stereocenters. The van der Waals surface area contributed by atoms with Crippen LogP contribution in [0.15, 0.2) is 24.3 Å². The number of aliphatic hydroxyl groups excluding tert-OH is 1. The number of hydrogen-bond acceptors (Lipinski definition) is 3. The number of fused-ring (bicyclic) bond motifs is 1. The molecule has 5 heteroatoms. The van der Waals surface area contributed by atoms with Crippen molar-refractivity contribution < 1.29 is 14.3 Å². The van der Waals surface area contributed by atoms with Crippen LogP contribution in [0.25, 0.3) is 10.1 Å². The summed E-state index contributed by atoms with van der Waals surface area (Å²) in [5, 5.41) is 13.2. The third-order valence-corrected chi connectivity index (χ3v) is 4.88. The van der Waals surface area contributed by atoms with E-state index in [1.165, 1.54) is 17.4 Å². The van der Waals surface area contributed by atoms with Crippen LogP contribution in [0, 0.1) is 5.82 Å². The Labute approximate surface area is 120 Å². The molecule has 1 aliphatic carbocycles. The fourth-order valence-electron chi connectivity index (χ4n) is 2.66. The molecule has 1 heterocycles. The Morgan fingerprint density at radius 1 is 1.35 bits per heavy atom. The fraction of sp³-hybridized carbons (Fsp3) is 0.400. The van der Waals surface area contributed by atoms with Crippen LogP contribution in [0.1, 0.15) is 35.4 Å². The van der Waals surface area contributed by atoms with E-state index in [0.29, 0.717) is 10.3 Å². The van der Waals surface area contributed by atoms with Gasteiger partial charge in [0, 0.05) is 10.1 Å². The number of carbonyl (C=O) groups excluding carboxylic acids is 1. The first-order chi connectivity index (χ1) is 9.65. The summed E-state index contributed by atoms with van der Waals surface area (Å²) in [7, 11) is 0. The highest BCUT2D eigenvalue weighted by Crippen LogP contribution is 2.28. The van der Waals surface area contributed by atoms with Crippen molar-refractivity contribution in [2.24, 2.45) is 0 Å². The van der Waals surface area contributed by atoms with Crippen molar-refractivity contribution in [2.75, 3.05) is 0 Å². The number of nitrogens with one attached hydrogen (secondary N) is 1. The number of rotatable bonds is 2. The first kappa shape index (κ1) is 13.5. The van der Waals surface area contributed by atoms with Crippen LogP contribution in [0.5, 0.6) is 0 Å². The van der Waals surface area contributed by atoms with E-state index in [4.69, 9.17) is 0 Å². The second-order valence-corrected chi connectivity index (χ2v) is 6.28. The molecule has 1 aromatic carbocycles. The predicted octanol–water partition coefficient (Wildman–Crippen LogP) is 3.07. The fourth-order valence-corrected chi connectivity index (χ4v) is 3.63. The lowest BCUT2D eigenvalue weighted by Crippen LogP contribution is -2.44. The summed E-state index contributed by atoms with van der Waals surface area (Å²) in [5.41, 5.74) is 0. The highest BCUT2D eigenvalue weighted by atomic mass is 32.1. The van der Waals surface area contributed by atoms with Crippen molar-refractivity contribution in [1.82, 2.24) is 5.32 Å². The lowest BCUT2D eigenvalue weighted by Gasteiger charge is -2.28. The molecule has 1 amide bonds. The molecule has 3 nitrogen and oxygen atoms in total. The lowest BCUT2D eigenvalue weighted by molar-refractivity contribution is 0.0720. The SMILES string of the molecule is O=C(NC1CCCCC1O)c1cc2c(F)cccc2s1. The van der Waals surface area contributed by atoms with Crippen molar-refractivity contribution >= 4 is 27.3 Å². The zero-order valence-electron chi connectivity index (χ0n) is 10.9. The van der Waals surface area contributed by atoms with Gasteiger partial charge in [0.25, 0.3) is 5.91 Å². The van der Waals surface area contributed by atoms with Gasteiger partial charge < -0.3 is 10.4 Å². The van der Waals surface area contributed by atoms with Crippen LogP contribution < -0.4 is 5.32 Å². The van der Waals surface area contributed by atoms with Crippen molar-refractivity contribution in [1.29, 1.82) is 0 Å². The molecule has 0 bridgehead atoms. The molecule has 1 aromatic heterocycles. The lowest BCUT2D eigenvalue weighted by atomic mass is 9.92. The van der Waals surface area contributed by atoms with Crippen LogP contribution >= 0.6 is 11.3 Å². The smallest absolute Gasteiger partial charge is 0.261 e. The van der Waals surface area contributed by atoms with Gasteiger partial charge in [-0.05, 0) is 31.0 Å². The summed E-state index contributed by atoms with van der Waals surface area (Å²) in [6.45, 7) is 0. The predicted molar refractivity (Wildman–Crippen MR) is 77.5 cm³/mol. The summed E-state index contributed by atoms with van der Waals surface area (Å²) in [6, 6.07) is 6.23. The summed E-state index contributed by atoms with van der Waals surface area (Å²) in [5.74, 6) is -0.535. The number of halogens is 1. The van der Waals surface area contributed by atoms with Crippen LogP contribution in [0.4, 0.5) is 4.39 Å². The van der Waals surface area contributed by atoms with Crippen molar-refractivity contribution in [3.05, 3.63) is 35.0 Å². The van der Waals surface area contributed by atoms with Crippen LogP contribution in [-0.2, 0) is 0 Å². The van der Waals surface area contributed by atoms with Gasteiger partial charge in [-0.25, -0.2) is 4.39 Å². The molecule has 20 heavy (non-hydrogen) atoms. The van der Waals surface area contributed by atoms with Crippen LogP contribution in [-0.4, -0.2) is 23.2 Å². The zero-order valence-corrected chi connectivity index (χ0v) is 11.8. The molecule has 2 unspecified atom stereocenters. The molecule has 106 valence electrons. The molecule has 3 rings (SSSR count). The Morgan fingerprint density at radius 2 is 2.15 bits per heavy atom. The van der Waals surface area contributed by atoms with E-state index in [2.05, 4.69) is 5.32 Å². The van der Waals surface area contributed by atoms with Gasteiger partial charge in [-0.2, -0.15) is 0 Å². The van der Waals surface area contributed by atoms with E-state index in [9.17, 15) is 14.3 Å². The molecule has 0 saturated heterocycles. The average Bonchev–Trinajstić information content (AvgIpc) is 2.87. The van der Waals surface area contributed by atoms with Crippen molar-refractivity contribution in [3.63, 3.8) is 0 Å². The number of carbonyl (C=O) groups is 1. The number of thiophene rings is 1. The van der Waals surface area contributed by atoms with E-state index < -0.39 is 6.10 Å². The molecule has 2 aromatic rings. The quantitative estimate of drug-likeness (QED) is 0.894. The number of hydrogen-bond donors (Lipinski definition) is 2. The van der Waals surface area contributed by atoms with Crippen LogP contribution in [0.2, 0.25) is 0 Å². The monoisotopic (exact) mass is 293 g/mol. The molecule has 1 fully saturated rings. The third kappa shape index (κ3) is 2.55. The van der Waals surface area contributed by atoms with Gasteiger partial charge in [-0.1, -0.05) is 18.9 Å². The van der Waals surface area contributed by atoms with E-state index in [1.54, 1.807) is 18.2 Å². The molecule has 1 aliphatic rings. The van der Waals surface area contributed by atoms with Crippen LogP contribution in [0.3, 0.4) is 0 Å². The zero-order chi connectivity index (χ0) is 14.1. The Balaban J connectivity index is 1.80. The molecule has 0 radical (unpaired) electrons. The summed E-state index contributed by atoms with van der Waals surface area (Å²) in [4.78, 5) is 12.7. The summed E-state index contributed by atoms with van der Waals surface area (Å²) in [6.07, 6.45) is 3.07. The van der Waals surface area contributed by atoms with Gasteiger partial charge in [0.2, 0.25) is 0 Å². The standard InChI is InChI=1S/C15H16FNO2S/c16-10-4-3-7-13-9(10)8-14(20-13)15(19)17-11-5-1-2-6-12(11)18/h3-4,7-8,11-12,18H,1-2,5-6H2,(H,17,19). The van der Waals surface area contributed by atoms with Gasteiger partial charge in [-0.15, -0.1) is 11.3 Å². The molecule has 0 aliphatic heterocycles. The largest absolute Gasteiger partial charge is 0.391 e. The Kier molecular flexibility index (Phi) is 3.72. The first-order valence-electron chi connectivity index (χ1n) is 6.82. The number of aliphatic hydroxyl groups is 1. The first-order valence-corrected chi connectivity index (χ1v) is 7.64. The molecular weight excluding hydrogens is 277 g/mol. The molecular formula is C15H16FNO2S. The number of amides is 1. The Hall–Kier alpha value is -1.46. The van der Waals surface area contributed by atoms with E-state index in [1.807, 2.05) is 0 Å². The molecule has 1 saturated carbocycles. The maximum absolute atomic E-state index is 13.6. The Morgan fingerprint density at radius 3 is 2.90 bits per heavy atom. The second-order valence-electron chi connectivity index (χ2n) is 5.19. The average molecular weight is 293 g/mol. The molecule has 0 spiro atoms. The van der Waals surface area contributed by atoms with Crippen molar-refractivity contribution in [2.45, 2.75) is 37.8 Å². The maximum atomic E-state index is 13.6. The minimum Gasteiger partial charge on any atom is -0.391 e. The van der Waals surface area contributed by atoms with E-state index in [0.717, 1.165) is 30.4 Å². The number of benzene rings is 1. The van der Waals surface area contributed by atoms with E-state index in [-0.39, 0.29) is 17.8 Å². The van der Waals surface area contributed by atoms with Gasteiger partial charge in [0.05, 0.1) is 17.0 Å². The third-order valence-electron chi connectivity index (χ3n) is 3.78. The highest BCUT2D eigenvalue weighted by molar-refractivity contribution is 7.20. The van der Waals surface area contributed by atoms with Gasteiger partial charge in [0.1, 0.15) is 5.82 Å². The minimum absolute atomic E-state index is 0.189. The summed E-state index contributed by atoms with van der Waals surface area (Å²) < 4.78 is 14.4. The van der Waals surface area contributed by atoms with Crippen molar-refractivity contribution in [3.8, 4) is 0 Å². The van der Waals surface area contributed by atoms with Gasteiger partial charge in [0.15, 0.2) is 0 Å².